The van der Waals surface area contributed by atoms with Crippen molar-refractivity contribution in [1.29, 1.82) is 0 Å². The van der Waals surface area contributed by atoms with Crippen molar-refractivity contribution in [3.63, 3.8) is 0 Å². The number of carbonyl (C=O) groups excluding carboxylic acids is 1. The zero-order valence-electron chi connectivity index (χ0n) is 13.9. The summed E-state index contributed by atoms with van der Waals surface area (Å²) in [5, 5.41) is 5.34. The van der Waals surface area contributed by atoms with Crippen LogP contribution in [0.15, 0.2) is 6.33 Å². The van der Waals surface area contributed by atoms with Gasteiger partial charge in [0, 0.05) is 13.1 Å². The molecule has 8 heteroatoms. The number of nitrogens with two attached hydrogens (primary N) is 1. The number of aryl methyl sites for hydroxylation is 1. The minimum absolute atomic E-state index is 0.0630. The number of ether oxygens (including phenoxy) is 1. The van der Waals surface area contributed by atoms with E-state index < -0.39 is 5.60 Å². The number of anilines is 1. The average Bonchev–Trinajstić information content (AvgIpc) is 3.02. The maximum Gasteiger partial charge on any atom is 0.410 e. The molecule has 124 valence electrons. The fourth-order valence-corrected chi connectivity index (χ4v) is 2.86. The predicted molar refractivity (Wildman–Crippen MR) is 85.9 cm³/mol. The Balaban J connectivity index is 1.83. The Labute approximate surface area is 134 Å². The lowest BCUT2D eigenvalue weighted by Crippen LogP contribution is -2.35. The maximum atomic E-state index is 12.2. The average molecular weight is 318 g/mol. The summed E-state index contributed by atoms with van der Waals surface area (Å²) in [4.78, 5) is 22.2. The summed E-state index contributed by atoms with van der Waals surface area (Å²) in [5.74, 6) is 0.431. The Hall–Kier alpha value is -2.38. The van der Waals surface area contributed by atoms with Gasteiger partial charge in [-0.3, -0.25) is 0 Å². The standard InChI is InChI=1S/C15H22N6O2/c1-9-11-12(16)17-8-18-13(11)21(19-9)10-5-6-20(7-10)14(22)23-15(2,3)4/h8,10H,5-7H2,1-4H3,(H2,16,17,18)/t10-/m1/s1. The number of hydrogen-bond acceptors (Lipinski definition) is 6. The van der Waals surface area contributed by atoms with Crippen molar-refractivity contribution in [2.24, 2.45) is 0 Å². The molecule has 1 fully saturated rings. The molecule has 0 spiro atoms. The minimum atomic E-state index is -0.494. The van der Waals surface area contributed by atoms with E-state index in [0.29, 0.717) is 24.6 Å². The summed E-state index contributed by atoms with van der Waals surface area (Å²) >= 11 is 0. The van der Waals surface area contributed by atoms with Crippen LogP contribution in [0.5, 0.6) is 0 Å². The van der Waals surface area contributed by atoms with E-state index in [9.17, 15) is 4.79 Å². The van der Waals surface area contributed by atoms with Gasteiger partial charge in [0.2, 0.25) is 0 Å². The van der Waals surface area contributed by atoms with Crippen molar-refractivity contribution in [2.45, 2.75) is 45.8 Å². The SMILES string of the molecule is Cc1nn([C@@H]2CCN(C(=O)OC(C)(C)C)C2)c2ncnc(N)c12. The van der Waals surface area contributed by atoms with Crippen LogP contribution in [0.3, 0.4) is 0 Å². The number of hydrogen-bond donors (Lipinski definition) is 1. The smallest absolute Gasteiger partial charge is 0.410 e. The molecule has 8 nitrogen and oxygen atoms in total. The Morgan fingerprint density at radius 3 is 2.83 bits per heavy atom. The second kappa shape index (κ2) is 5.36. The molecule has 0 aromatic carbocycles. The number of amides is 1. The fourth-order valence-electron chi connectivity index (χ4n) is 2.86. The summed E-state index contributed by atoms with van der Waals surface area (Å²) in [5.41, 5.74) is 6.94. The topological polar surface area (TPSA) is 99.2 Å². The van der Waals surface area contributed by atoms with Gasteiger partial charge in [0.05, 0.1) is 17.1 Å². The van der Waals surface area contributed by atoms with E-state index in [0.717, 1.165) is 17.5 Å². The van der Waals surface area contributed by atoms with Crippen LogP contribution in [0, 0.1) is 6.92 Å². The second-order valence-corrected chi connectivity index (χ2v) is 6.86. The number of likely N-dealkylation sites (tertiary alicyclic amines) is 1. The minimum Gasteiger partial charge on any atom is -0.444 e. The van der Waals surface area contributed by atoms with Crippen LogP contribution >= 0.6 is 0 Å². The van der Waals surface area contributed by atoms with Crippen LogP contribution in [0.1, 0.15) is 38.9 Å². The highest BCUT2D eigenvalue weighted by Crippen LogP contribution is 2.28. The van der Waals surface area contributed by atoms with Crippen LogP contribution in [-0.2, 0) is 4.74 Å². The van der Waals surface area contributed by atoms with Gasteiger partial charge in [-0.15, -0.1) is 0 Å². The van der Waals surface area contributed by atoms with Gasteiger partial charge in [0.1, 0.15) is 17.7 Å². The predicted octanol–water partition coefficient (Wildman–Crippen LogP) is 1.90. The molecule has 0 aliphatic carbocycles. The van der Waals surface area contributed by atoms with Crippen molar-refractivity contribution in [2.75, 3.05) is 18.8 Å². The molecule has 0 unspecified atom stereocenters. The normalized spacial score (nSPS) is 18.6. The summed E-state index contributed by atoms with van der Waals surface area (Å²) in [6.07, 6.45) is 1.96. The zero-order valence-corrected chi connectivity index (χ0v) is 13.9. The highest BCUT2D eigenvalue weighted by molar-refractivity contribution is 5.87. The van der Waals surface area contributed by atoms with Gasteiger partial charge >= 0.3 is 6.09 Å². The van der Waals surface area contributed by atoms with Crippen LogP contribution in [0.25, 0.3) is 11.0 Å². The van der Waals surface area contributed by atoms with E-state index in [4.69, 9.17) is 10.5 Å². The zero-order chi connectivity index (χ0) is 16.8. The third-order valence-corrected chi connectivity index (χ3v) is 3.85. The van der Waals surface area contributed by atoms with Gasteiger partial charge in [0.15, 0.2) is 5.65 Å². The second-order valence-electron chi connectivity index (χ2n) is 6.86. The Morgan fingerprint density at radius 1 is 1.39 bits per heavy atom. The largest absolute Gasteiger partial charge is 0.444 e. The highest BCUT2D eigenvalue weighted by atomic mass is 16.6. The molecular weight excluding hydrogens is 296 g/mol. The first-order valence-corrected chi connectivity index (χ1v) is 7.69. The molecule has 2 aromatic rings. The van der Waals surface area contributed by atoms with Gasteiger partial charge in [-0.1, -0.05) is 0 Å². The number of fused-ring (bicyclic) bond motifs is 1. The molecule has 23 heavy (non-hydrogen) atoms. The lowest BCUT2D eigenvalue weighted by molar-refractivity contribution is 0.0288. The summed E-state index contributed by atoms with van der Waals surface area (Å²) in [6.45, 7) is 8.67. The molecule has 2 aromatic heterocycles. The summed E-state index contributed by atoms with van der Waals surface area (Å²) in [7, 11) is 0. The van der Waals surface area contributed by atoms with E-state index >= 15 is 0 Å². The lowest BCUT2D eigenvalue weighted by Gasteiger charge is -2.24. The summed E-state index contributed by atoms with van der Waals surface area (Å²) < 4.78 is 7.28. The third kappa shape index (κ3) is 2.93. The monoisotopic (exact) mass is 318 g/mol. The fraction of sp³-hybridized carbons (Fsp3) is 0.600. The molecule has 1 saturated heterocycles. The van der Waals surface area contributed by atoms with Crippen LogP contribution in [0.2, 0.25) is 0 Å². The first-order valence-electron chi connectivity index (χ1n) is 7.69. The number of aromatic nitrogens is 4. The third-order valence-electron chi connectivity index (χ3n) is 3.85. The molecule has 0 saturated carbocycles. The van der Waals surface area contributed by atoms with E-state index in [2.05, 4.69) is 15.1 Å². The van der Waals surface area contributed by atoms with Crippen LogP contribution in [0.4, 0.5) is 10.6 Å². The quantitative estimate of drug-likeness (QED) is 0.862. The van der Waals surface area contributed by atoms with Gasteiger partial charge < -0.3 is 15.4 Å². The molecule has 1 aliphatic rings. The van der Waals surface area contributed by atoms with Gasteiger partial charge in [-0.25, -0.2) is 19.4 Å². The molecule has 1 amide bonds. The number of nitrogen functional groups attached to an aromatic ring is 1. The van der Waals surface area contributed by atoms with Crippen molar-refractivity contribution in [3.05, 3.63) is 12.0 Å². The molecule has 1 aliphatic heterocycles. The maximum absolute atomic E-state index is 12.2. The first kappa shape index (κ1) is 15.5. The highest BCUT2D eigenvalue weighted by Gasteiger charge is 2.32. The first-order chi connectivity index (χ1) is 10.8. The van der Waals surface area contributed by atoms with Gasteiger partial charge in [-0.05, 0) is 34.1 Å². The number of carbonyl (C=O) groups is 1. The number of rotatable bonds is 1. The molecule has 3 rings (SSSR count). The van der Waals surface area contributed by atoms with Crippen LogP contribution in [-0.4, -0.2) is 49.4 Å². The van der Waals surface area contributed by atoms with Crippen molar-refractivity contribution in [1.82, 2.24) is 24.6 Å². The van der Waals surface area contributed by atoms with Gasteiger partial charge in [0.25, 0.3) is 0 Å². The van der Waals surface area contributed by atoms with E-state index in [-0.39, 0.29) is 12.1 Å². The van der Waals surface area contributed by atoms with Crippen molar-refractivity contribution in [3.8, 4) is 0 Å². The molecule has 1 atom stereocenters. The Bertz CT molecular complexity index is 748. The van der Waals surface area contributed by atoms with E-state index in [1.807, 2.05) is 32.4 Å². The van der Waals surface area contributed by atoms with E-state index in [1.165, 1.54) is 6.33 Å². The van der Waals surface area contributed by atoms with Crippen molar-refractivity contribution < 1.29 is 9.53 Å². The van der Waals surface area contributed by atoms with Crippen molar-refractivity contribution >= 4 is 22.9 Å². The van der Waals surface area contributed by atoms with E-state index in [1.54, 1.807) is 4.90 Å². The lowest BCUT2D eigenvalue weighted by atomic mass is 10.2. The molecule has 0 bridgehead atoms. The molecule has 0 radical (unpaired) electrons. The Morgan fingerprint density at radius 2 is 2.13 bits per heavy atom. The molecule has 2 N–H and O–H groups in total. The van der Waals surface area contributed by atoms with Gasteiger partial charge in [-0.2, -0.15) is 5.10 Å². The summed E-state index contributed by atoms with van der Waals surface area (Å²) in [6, 6.07) is 0.0630. The molecular formula is C15H22N6O2. The number of nitrogens with zero attached hydrogens (tertiary/aromatic N) is 5. The Kier molecular flexibility index (Phi) is 3.62. The molecule has 3 heterocycles. The van der Waals surface area contributed by atoms with Crippen LogP contribution < -0.4 is 5.73 Å².